The molecule has 84 valence electrons. The van der Waals surface area contributed by atoms with Gasteiger partial charge in [-0.2, -0.15) is 13.2 Å². The summed E-state index contributed by atoms with van der Waals surface area (Å²) < 4.78 is 60.4. The van der Waals surface area contributed by atoms with E-state index in [1.165, 1.54) is 0 Å². The second kappa shape index (κ2) is 4.57. The highest BCUT2D eigenvalue weighted by Crippen LogP contribution is 2.13. The Bertz CT molecular complexity index is 334. The molecule has 1 nitrogen and oxygen atoms in total. The summed E-state index contributed by atoms with van der Waals surface area (Å²) in [6.45, 7) is -1.49. The molecule has 1 rings (SSSR count). The highest BCUT2D eigenvalue weighted by Gasteiger charge is 2.26. The first-order valence-electron chi connectivity index (χ1n) is 4.10. The molecule has 0 amide bonds. The van der Waals surface area contributed by atoms with Crippen LogP contribution in [0.4, 0.5) is 22.0 Å². The van der Waals surface area contributed by atoms with Crippen LogP contribution in [0.2, 0.25) is 0 Å². The van der Waals surface area contributed by atoms with Crippen molar-refractivity contribution in [3.05, 3.63) is 35.4 Å². The van der Waals surface area contributed by atoms with Gasteiger partial charge in [-0.25, -0.2) is 8.78 Å². The molecule has 0 aliphatic rings. The van der Waals surface area contributed by atoms with Crippen LogP contribution in [0.25, 0.3) is 0 Å². The molecule has 0 atom stereocenters. The maximum Gasteiger partial charge on any atom is 0.401 e. The van der Waals surface area contributed by atoms with Gasteiger partial charge in [0.25, 0.3) is 0 Å². The minimum atomic E-state index is -4.34. The highest BCUT2D eigenvalue weighted by molar-refractivity contribution is 5.18. The molecule has 1 aromatic carbocycles. The number of alkyl halides is 3. The molecule has 0 heterocycles. The van der Waals surface area contributed by atoms with Gasteiger partial charge in [-0.05, 0) is 6.07 Å². The first-order chi connectivity index (χ1) is 6.88. The SMILES string of the molecule is Fc1ccc(CNCC(F)(F)F)c(F)c1. The van der Waals surface area contributed by atoms with Gasteiger partial charge in [-0.15, -0.1) is 0 Å². The first kappa shape index (κ1) is 11.9. The van der Waals surface area contributed by atoms with Crippen molar-refractivity contribution < 1.29 is 22.0 Å². The lowest BCUT2D eigenvalue weighted by molar-refractivity contribution is -0.125. The van der Waals surface area contributed by atoms with Crippen molar-refractivity contribution in [2.24, 2.45) is 0 Å². The van der Waals surface area contributed by atoms with Gasteiger partial charge < -0.3 is 5.32 Å². The summed E-state index contributed by atoms with van der Waals surface area (Å²) in [6.07, 6.45) is -4.34. The van der Waals surface area contributed by atoms with E-state index in [1.54, 1.807) is 0 Å². The van der Waals surface area contributed by atoms with Crippen LogP contribution in [0.1, 0.15) is 5.56 Å². The van der Waals surface area contributed by atoms with E-state index in [0.717, 1.165) is 12.1 Å². The van der Waals surface area contributed by atoms with Gasteiger partial charge in [0.15, 0.2) is 0 Å². The Labute approximate surface area is 82.9 Å². The molecular weight excluding hydrogens is 217 g/mol. The van der Waals surface area contributed by atoms with Crippen LogP contribution in [0, 0.1) is 11.6 Å². The van der Waals surface area contributed by atoms with E-state index < -0.39 is 24.4 Å². The molecule has 0 unspecified atom stereocenters. The second-order valence-electron chi connectivity index (χ2n) is 2.95. The molecule has 1 aromatic rings. The molecule has 15 heavy (non-hydrogen) atoms. The molecule has 0 bridgehead atoms. The van der Waals surface area contributed by atoms with Gasteiger partial charge in [0, 0.05) is 18.2 Å². The summed E-state index contributed by atoms with van der Waals surface area (Å²) >= 11 is 0. The highest BCUT2D eigenvalue weighted by atomic mass is 19.4. The van der Waals surface area contributed by atoms with Gasteiger partial charge in [-0.3, -0.25) is 0 Å². The molecular formula is C9H8F5N. The van der Waals surface area contributed by atoms with E-state index in [9.17, 15) is 22.0 Å². The van der Waals surface area contributed by atoms with Crippen molar-refractivity contribution in [2.45, 2.75) is 12.7 Å². The van der Waals surface area contributed by atoms with Gasteiger partial charge >= 0.3 is 6.18 Å². The summed E-state index contributed by atoms with van der Waals surface area (Å²) in [5.74, 6) is -1.61. The lowest BCUT2D eigenvalue weighted by Gasteiger charge is -2.08. The van der Waals surface area contributed by atoms with Crippen LogP contribution in [0.15, 0.2) is 18.2 Å². The molecule has 0 radical (unpaired) electrons. The summed E-state index contributed by atoms with van der Waals surface area (Å²) in [4.78, 5) is 0. The third-order valence-corrected chi connectivity index (χ3v) is 1.66. The topological polar surface area (TPSA) is 12.0 Å². The molecule has 6 heteroatoms. The molecule has 0 saturated heterocycles. The van der Waals surface area contributed by atoms with Gasteiger partial charge in [0.05, 0.1) is 6.54 Å². The fourth-order valence-corrected chi connectivity index (χ4v) is 1.00. The summed E-state index contributed by atoms with van der Waals surface area (Å²) in [5.41, 5.74) is 0.000602. The average Bonchev–Trinajstić information content (AvgIpc) is 2.07. The molecule has 0 fully saturated rings. The van der Waals surface area contributed by atoms with Crippen LogP contribution in [0.3, 0.4) is 0 Å². The van der Waals surface area contributed by atoms with Crippen molar-refractivity contribution in [1.82, 2.24) is 5.32 Å². The molecule has 1 N–H and O–H groups in total. The van der Waals surface area contributed by atoms with E-state index in [4.69, 9.17) is 0 Å². The van der Waals surface area contributed by atoms with E-state index in [-0.39, 0.29) is 12.1 Å². The Morgan fingerprint density at radius 2 is 1.80 bits per heavy atom. The van der Waals surface area contributed by atoms with Gasteiger partial charge in [0.2, 0.25) is 0 Å². The Morgan fingerprint density at radius 1 is 1.13 bits per heavy atom. The van der Waals surface area contributed by atoms with Crippen molar-refractivity contribution in [3.63, 3.8) is 0 Å². The van der Waals surface area contributed by atoms with Crippen LogP contribution < -0.4 is 5.32 Å². The molecule has 0 aliphatic carbocycles. The average molecular weight is 225 g/mol. The van der Waals surface area contributed by atoms with Crippen molar-refractivity contribution >= 4 is 0 Å². The maximum absolute atomic E-state index is 12.9. The standard InChI is InChI=1S/C9H8F5N/c10-7-2-1-6(8(11)3-7)4-15-5-9(12,13)14/h1-3,15H,4-5H2. The number of nitrogens with one attached hydrogen (secondary N) is 1. The predicted octanol–water partition coefficient (Wildman–Crippen LogP) is 2.62. The van der Waals surface area contributed by atoms with E-state index >= 15 is 0 Å². The van der Waals surface area contributed by atoms with Gasteiger partial charge in [0.1, 0.15) is 11.6 Å². The van der Waals surface area contributed by atoms with Crippen LogP contribution in [-0.2, 0) is 6.54 Å². The zero-order chi connectivity index (χ0) is 11.5. The van der Waals surface area contributed by atoms with Crippen molar-refractivity contribution in [1.29, 1.82) is 0 Å². The first-order valence-corrected chi connectivity index (χ1v) is 4.10. The number of benzene rings is 1. The molecule has 0 spiro atoms. The smallest absolute Gasteiger partial charge is 0.304 e. The third-order valence-electron chi connectivity index (χ3n) is 1.66. The van der Waals surface area contributed by atoms with Crippen LogP contribution >= 0.6 is 0 Å². The van der Waals surface area contributed by atoms with Gasteiger partial charge in [-0.1, -0.05) is 6.07 Å². The molecule has 0 aliphatic heterocycles. The van der Waals surface area contributed by atoms with E-state index in [0.29, 0.717) is 6.07 Å². The molecule has 0 aromatic heterocycles. The summed E-state index contributed by atoms with van der Waals surface area (Å²) in [6, 6.07) is 2.73. The lowest BCUT2D eigenvalue weighted by atomic mass is 10.2. The number of hydrogen-bond acceptors (Lipinski definition) is 1. The zero-order valence-electron chi connectivity index (χ0n) is 7.54. The second-order valence-corrected chi connectivity index (χ2v) is 2.95. The minimum Gasteiger partial charge on any atom is -0.304 e. The number of halogens is 5. The fraction of sp³-hybridized carbons (Fsp3) is 0.333. The van der Waals surface area contributed by atoms with E-state index in [2.05, 4.69) is 0 Å². The monoisotopic (exact) mass is 225 g/mol. The fourth-order valence-electron chi connectivity index (χ4n) is 1.00. The molecule has 0 saturated carbocycles. The maximum atomic E-state index is 12.9. The van der Waals surface area contributed by atoms with Crippen LogP contribution in [0.5, 0.6) is 0 Å². The summed E-state index contributed by atoms with van der Waals surface area (Å²) in [7, 11) is 0. The predicted molar refractivity (Wildman–Crippen MR) is 44.1 cm³/mol. The quantitative estimate of drug-likeness (QED) is 0.779. The zero-order valence-corrected chi connectivity index (χ0v) is 7.54. The van der Waals surface area contributed by atoms with Crippen molar-refractivity contribution in [3.8, 4) is 0 Å². The Balaban J connectivity index is 2.51. The Hall–Kier alpha value is -1.17. The third kappa shape index (κ3) is 4.24. The number of rotatable bonds is 3. The summed E-state index contributed by atoms with van der Waals surface area (Å²) in [5, 5.41) is 2.01. The van der Waals surface area contributed by atoms with E-state index in [1.807, 2.05) is 5.32 Å². The Morgan fingerprint density at radius 3 is 2.33 bits per heavy atom. The normalized spacial score (nSPS) is 11.8. The van der Waals surface area contributed by atoms with Crippen molar-refractivity contribution in [2.75, 3.05) is 6.54 Å². The van der Waals surface area contributed by atoms with Crippen LogP contribution in [-0.4, -0.2) is 12.7 Å². The lowest BCUT2D eigenvalue weighted by Crippen LogP contribution is -2.28. The largest absolute Gasteiger partial charge is 0.401 e. The minimum absolute atomic E-state index is 0.000602. The number of hydrogen-bond donors (Lipinski definition) is 1. The Kier molecular flexibility index (Phi) is 3.62.